The normalized spacial score (nSPS) is 20.4. The standard InChI is InChI=1S/C15H20F2IN6O2P/c1-14(2,3)26-13(25)23-5-4-10(15(16,17)7-23)22-11-9-6-21-24(27-18)12(9)20-8-19-11/h6,8,10,27H,4-5,7H2,1-3H3,(H,19,20,22). The number of carbonyl (C=O) groups excluding carboxylic acids is 1. The van der Waals surface area contributed by atoms with Gasteiger partial charge in [-0.1, -0.05) is 0 Å². The van der Waals surface area contributed by atoms with Crippen molar-refractivity contribution in [2.75, 3.05) is 18.4 Å². The van der Waals surface area contributed by atoms with Gasteiger partial charge in [0, 0.05) is 6.54 Å². The molecule has 2 atom stereocenters. The SMILES string of the molecule is CC(C)(C)OC(=O)N1CCC(Nc2ncnc3c2cnn3PI)C(F)(F)C1. The minimum absolute atomic E-state index is 0.0694. The van der Waals surface area contributed by atoms with Crippen LogP contribution in [0, 0.1) is 0 Å². The Morgan fingerprint density at radius 1 is 1.44 bits per heavy atom. The second kappa shape index (κ2) is 7.57. The molecule has 0 bridgehead atoms. The maximum absolute atomic E-state index is 14.7. The second-order valence-corrected chi connectivity index (χ2v) is 9.29. The van der Waals surface area contributed by atoms with Gasteiger partial charge >= 0.3 is 6.09 Å². The van der Waals surface area contributed by atoms with Crippen molar-refractivity contribution >= 4 is 51.4 Å². The summed E-state index contributed by atoms with van der Waals surface area (Å²) >= 11 is 2.17. The molecule has 3 heterocycles. The van der Waals surface area contributed by atoms with Crippen molar-refractivity contribution < 1.29 is 18.3 Å². The molecule has 0 spiro atoms. The van der Waals surface area contributed by atoms with Crippen LogP contribution in [-0.4, -0.2) is 61.2 Å². The summed E-state index contributed by atoms with van der Waals surface area (Å²) in [6.45, 7) is 4.57. The molecule has 1 fully saturated rings. The molecular weight excluding hydrogens is 492 g/mol. The fraction of sp³-hybridized carbons (Fsp3) is 0.600. The average Bonchev–Trinajstić information content (AvgIpc) is 2.98. The minimum Gasteiger partial charge on any atom is -0.444 e. The van der Waals surface area contributed by atoms with Gasteiger partial charge in [0.05, 0.1) is 30.5 Å². The summed E-state index contributed by atoms with van der Waals surface area (Å²) in [7, 11) is 0. The van der Waals surface area contributed by atoms with E-state index >= 15 is 0 Å². The van der Waals surface area contributed by atoms with Crippen LogP contribution in [0.3, 0.4) is 0 Å². The third kappa shape index (κ3) is 4.56. The summed E-state index contributed by atoms with van der Waals surface area (Å²) in [5.74, 6) is -2.82. The van der Waals surface area contributed by atoms with Crippen molar-refractivity contribution in [2.24, 2.45) is 0 Å². The van der Waals surface area contributed by atoms with Gasteiger partial charge in [-0.15, -0.1) is 0 Å². The molecule has 12 heteroatoms. The lowest BCUT2D eigenvalue weighted by Gasteiger charge is -2.39. The van der Waals surface area contributed by atoms with Gasteiger partial charge in [-0.05, 0) is 49.2 Å². The monoisotopic (exact) mass is 512 g/mol. The van der Waals surface area contributed by atoms with Crippen molar-refractivity contribution in [1.82, 2.24) is 24.4 Å². The molecule has 2 aromatic rings. The lowest BCUT2D eigenvalue weighted by atomic mass is 10.0. The molecule has 2 aromatic heterocycles. The Hall–Kier alpha value is -1.36. The van der Waals surface area contributed by atoms with Crippen LogP contribution in [0.15, 0.2) is 12.5 Å². The van der Waals surface area contributed by atoms with E-state index in [1.165, 1.54) is 6.33 Å². The molecule has 148 valence electrons. The number of carbonyl (C=O) groups is 1. The summed E-state index contributed by atoms with van der Waals surface area (Å²) in [5, 5.41) is 7.61. The molecule has 0 saturated carbocycles. The molecule has 0 aliphatic carbocycles. The van der Waals surface area contributed by atoms with Crippen molar-refractivity contribution in [1.29, 1.82) is 0 Å². The van der Waals surface area contributed by atoms with E-state index in [-0.39, 0.29) is 13.0 Å². The molecule has 1 saturated heterocycles. The number of rotatable bonds is 3. The van der Waals surface area contributed by atoms with Gasteiger partial charge < -0.3 is 15.0 Å². The number of aromatic nitrogens is 4. The topological polar surface area (TPSA) is 85.2 Å². The van der Waals surface area contributed by atoms with Gasteiger partial charge in [0.1, 0.15) is 17.7 Å². The molecule has 1 aliphatic rings. The highest BCUT2D eigenvalue weighted by molar-refractivity contribution is 14.2. The smallest absolute Gasteiger partial charge is 0.410 e. The number of ether oxygens (including phenoxy) is 1. The number of alkyl halides is 2. The van der Waals surface area contributed by atoms with Gasteiger partial charge in [-0.3, -0.25) is 0 Å². The highest BCUT2D eigenvalue weighted by Crippen LogP contribution is 2.33. The van der Waals surface area contributed by atoms with E-state index in [1.807, 2.05) is 0 Å². The van der Waals surface area contributed by atoms with Crippen molar-refractivity contribution in [2.45, 2.75) is 44.8 Å². The fourth-order valence-electron chi connectivity index (χ4n) is 2.79. The molecule has 0 aromatic carbocycles. The molecular formula is C15H20F2IN6O2P. The Labute approximate surface area is 169 Å². The van der Waals surface area contributed by atoms with E-state index in [0.29, 0.717) is 23.2 Å². The van der Waals surface area contributed by atoms with E-state index < -0.39 is 30.2 Å². The Bertz CT molecular complexity index is 843. The zero-order valence-corrected chi connectivity index (χ0v) is 18.2. The number of amides is 1. The van der Waals surface area contributed by atoms with E-state index in [2.05, 4.69) is 42.4 Å². The van der Waals surface area contributed by atoms with Gasteiger partial charge in [0.15, 0.2) is 5.65 Å². The molecule has 1 amide bonds. The number of anilines is 1. The number of fused-ring (bicyclic) bond motifs is 1. The summed E-state index contributed by atoms with van der Waals surface area (Å²) < 4.78 is 36.3. The van der Waals surface area contributed by atoms with Crippen LogP contribution in [0.25, 0.3) is 11.0 Å². The van der Waals surface area contributed by atoms with Crippen LogP contribution in [-0.2, 0) is 4.74 Å². The first kappa shape index (κ1) is 20.4. The Morgan fingerprint density at radius 3 is 2.81 bits per heavy atom. The van der Waals surface area contributed by atoms with Crippen LogP contribution in [0.2, 0.25) is 0 Å². The molecule has 1 N–H and O–H groups in total. The zero-order valence-electron chi connectivity index (χ0n) is 15.0. The number of nitrogens with zero attached hydrogens (tertiary/aromatic N) is 5. The Balaban J connectivity index is 1.74. The highest BCUT2D eigenvalue weighted by Gasteiger charge is 2.47. The molecule has 1 aliphatic heterocycles. The maximum Gasteiger partial charge on any atom is 0.410 e. The first-order valence-corrected chi connectivity index (χ1v) is 12.3. The molecule has 3 rings (SSSR count). The predicted octanol–water partition coefficient (Wildman–Crippen LogP) is 3.67. The van der Waals surface area contributed by atoms with Crippen LogP contribution in [0.4, 0.5) is 19.4 Å². The Kier molecular flexibility index (Phi) is 5.72. The van der Waals surface area contributed by atoms with Gasteiger partial charge in [0.25, 0.3) is 5.92 Å². The number of halogens is 3. The lowest BCUT2D eigenvalue weighted by molar-refractivity contribution is -0.0770. The van der Waals surface area contributed by atoms with Crippen molar-refractivity contribution in [3.05, 3.63) is 12.5 Å². The number of piperidine rings is 1. The van der Waals surface area contributed by atoms with Gasteiger partial charge in [-0.25, -0.2) is 28.0 Å². The summed E-state index contributed by atoms with van der Waals surface area (Å²) in [5.41, 5.74) is -0.136. The molecule has 0 radical (unpaired) electrons. The van der Waals surface area contributed by atoms with Crippen LogP contribution in [0.1, 0.15) is 27.2 Å². The first-order chi connectivity index (χ1) is 12.6. The maximum atomic E-state index is 14.7. The van der Waals surface area contributed by atoms with Gasteiger partial charge in [0.2, 0.25) is 0 Å². The largest absolute Gasteiger partial charge is 0.444 e. The van der Waals surface area contributed by atoms with E-state index in [9.17, 15) is 13.6 Å². The fourth-order valence-corrected chi connectivity index (χ4v) is 4.20. The van der Waals surface area contributed by atoms with E-state index in [4.69, 9.17) is 4.74 Å². The second-order valence-electron chi connectivity index (χ2n) is 7.25. The van der Waals surface area contributed by atoms with Crippen LogP contribution >= 0.6 is 28.4 Å². The van der Waals surface area contributed by atoms with E-state index in [1.54, 1.807) is 31.4 Å². The lowest BCUT2D eigenvalue weighted by Crippen LogP contribution is -2.56. The average molecular weight is 512 g/mol. The number of likely N-dealkylation sites (tertiary alicyclic amines) is 1. The third-order valence-corrected chi connectivity index (χ3v) is 5.87. The summed E-state index contributed by atoms with van der Waals surface area (Å²) in [6.07, 6.45) is 2.58. The Morgan fingerprint density at radius 2 is 2.19 bits per heavy atom. The third-order valence-electron chi connectivity index (χ3n) is 4.01. The van der Waals surface area contributed by atoms with E-state index in [0.717, 1.165) is 4.90 Å². The van der Waals surface area contributed by atoms with Crippen molar-refractivity contribution in [3.8, 4) is 0 Å². The highest BCUT2D eigenvalue weighted by atomic mass is 127. The van der Waals surface area contributed by atoms with Crippen molar-refractivity contribution in [3.63, 3.8) is 0 Å². The number of nitrogens with one attached hydrogen (secondary N) is 1. The van der Waals surface area contributed by atoms with Crippen LogP contribution in [0.5, 0.6) is 0 Å². The summed E-state index contributed by atoms with van der Waals surface area (Å²) in [6, 6.07) is -1.15. The molecule has 2 unspecified atom stereocenters. The number of hydrogen-bond donors (Lipinski definition) is 1. The number of hydrogen-bond acceptors (Lipinski definition) is 6. The predicted molar refractivity (Wildman–Crippen MR) is 108 cm³/mol. The zero-order chi connectivity index (χ0) is 19.8. The first-order valence-electron chi connectivity index (χ1n) is 8.28. The van der Waals surface area contributed by atoms with Gasteiger partial charge in [-0.2, -0.15) is 5.10 Å². The quantitative estimate of drug-likeness (QED) is 0.499. The van der Waals surface area contributed by atoms with Crippen LogP contribution < -0.4 is 5.32 Å². The minimum atomic E-state index is -3.13. The summed E-state index contributed by atoms with van der Waals surface area (Å²) in [4.78, 5) is 21.4. The molecule has 27 heavy (non-hydrogen) atoms. The molecule has 8 nitrogen and oxygen atoms in total.